The van der Waals surface area contributed by atoms with Gasteiger partial charge in [0.15, 0.2) is 6.10 Å². The minimum atomic E-state index is -0.575. The van der Waals surface area contributed by atoms with E-state index >= 15 is 0 Å². The summed E-state index contributed by atoms with van der Waals surface area (Å²) in [4.78, 5) is 25.4. The third-order valence-corrected chi connectivity index (χ3v) is 10.8. The zero-order valence-electron chi connectivity index (χ0n) is 41.8. The number of allylic oxidation sites excluding steroid dienone is 18. The maximum absolute atomic E-state index is 12.8. The van der Waals surface area contributed by atoms with E-state index in [-0.39, 0.29) is 25.2 Å². The smallest absolute Gasteiger partial charge is 0.306 e. The van der Waals surface area contributed by atoms with Gasteiger partial charge in [0.25, 0.3) is 0 Å². The molecule has 0 aromatic rings. The maximum Gasteiger partial charge on any atom is 0.306 e. The summed E-state index contributed by atoms with van der Waals surface area (Å²) >= 11 is 0. The molecule has 5 nitrogen and oxygen atoms in total. The number of carbonyl (C=O) groups is 2. The van der Waals surface area contributed by atoms with Crippen molar-refractivity contribution in [3.8, 4) is 0 Å². The van der Waals surface area contributed by atoms with Gasteiger partial charge in [-0.1, -0.05) is 201 Å². The van der Waals surface area contributed by atoms with E-state index in [0.29, 0.717) is 19.4 Å². The number of ether oxygens (including phenoxy) is 3. The zero-order chi connectivity index (χ0) is 46.3. The molecule has 0 saturated carbocycles. The molecule has 64 heavy (non-hydrogen) atoms. The predicted octanol–water partition coefficient (Wildman–Crippen LogP) is 18.0. The second kappa shape index (κ2) is 53.9. The van der Waals surface area contributed by atoms with Crippen LogP contribution < -0.4 is 0 Å². The Labute approximate surface area is 395 Å². The first kappa shape index (κ1) is 60.6. The second-order valence-corrected chi connectivity index (χ2v) is 17.0. The van der Waals surface area contributed by atoms with E-state index in [1.54, 1.807) is 0 Å². The molecule has 364 valence electrons. The highest BCUT2D eigenvalue weighted by atomic mass is 16.6. The topological polar surface area (TPSA) is 61.8 Å². The van der Waals surface area contributed by atoms with Crippen molar-refractivity contribution in [3.63, 3.8) is 0 Å². The third-order valence-electron chi connectivity index (χ3n) is 10.8. The van der Waals surface area contributed by atoms with Crippen LogP contribution in [0.2, 0.25) is 0 Å². The predicted molar refractivity (Wildman–Crippen MR) is 279 cm³/mol. The summed E-state index contributed by atoms with van der Waals surface area (Å²) in [6.07, 6.45) is 73.8. The molecule has 1 atom stereocenters. The van der Waals surface area contributed by atoms with Crippen LogP contribution in [-0.4, -0.2) is 37.9 Å². The Morgan fingerprint density at radius 1 is 0.359 bits per heavy atom. The molecule has 0 amide bonds. The van der Waals surface area contributed by atoms with E-state index < -0.39 is 6.10 Å². The van der Waals surface area contributed by atoms with Crippen molar-refractivity contribution < 1.29 is 23.8 Å². The summed E-state index contributed by atoms with van der Waals surface area (Å²) in [7, 11) is 0. The Morgan fingerprint density at radius 3 is 1.16 bits per heavy atom. The second-order valence-electron chi connectivity index (χ2n) is 17.0. The number of hydrogen-bond donors (Lipinski definition) is 0. The highest BCUT2D eigenvalue weighted by Gasteiger charge is 2.17. The first-order valence-corrected chi connectivity index (χ1v) is 26.4. The fourth-order valence-electron chi connectivity index (χ4n) is 6.90. The Hall–Kier alpha value is -3.44. The molecule has 0 saturated heterocycles. The molecule has 0 N–H and O–H groups in total. The zero-order valence-corrected chi connectivity index (χ0v) is 41.8. The lowest BCUT2D eigenvalue weighted by atomic mass is 10.1. The summed E-state index contributed by atoms with van der Waals surface area (Å²) in [6.45, 7) is 7.49. The van der Waals surface area contributed by atoms with Gasteiger partial charge in [-0.3, -0.25) is 9.59 Å². The van der Waals surface area contributed by atoms with Gasteiger partial charge < -0.3 is 14.2 Å². The van der Waals surface area contributed by atoms with E-state index in [1.165, 1.54) is 83.5 Å². The van der Waals surface area contributed by atoms with Gasteiger partial charge in [-0.2, -0.15) is 0 Å². The van der Waals surface area contributed by atoms with Crippen molar-refractivity contribution in [3.05, 3.63) is 109 Å². The number of hydrogen-bond acceptors (Lipinski definition) is 5. The Bertz CT molecular complexity index is 1280. The van der Waals surface area contributed by atoms with Crippen LogP contribution in [0.5, 0.6) is 0 Å². The largest absolute Gasteiger partial charge is 0.462 e. The van der Waals surface area contributed by atoms with Gasteiger partial charge in [0.2, 0.25) is 0 Å². The number of esters is 2. The maximum atomic E-state index is 12.8. The quantitative estimate of drug-likeness (QED) is 0.0346. The molecule has 1 unspecified atom stereocenters. The van der Waals surface area contributed by atoms with Crippen LogP contribution in [0.15, 0.2) is 109 Å². The van der Waals surface area contributed by atoms with Gasteiger partial charge in [0.05, 0.1) is 6.61 Å². The van der Waals surface area contributed by atoms with Crippen LogP contribution in [0.4, 0.5) is 0 Å². The third kappa shape index (κ3) is 51.2. The molecule has 0 radical (unpaired) electrons. The molecule has 0 bridgehead atoms. The summed E-state index contributed by atoms with van der Waals surface area (Å²) in [5.74, 6) is -0.466. The van der Waals surface area contributed by atoms with Crippen molar-refractivity contribution in [2.75, 3.05) is 19.8 Å². The fraction of sp³-hybridized carbons (Fsp3) is 0.661. The van der Waals surface area contributed by atoms with Gasteiger partial charge in [0.1, 0.15) is 6.61 Å². The summed E-state index contributed by atoms with van der Waals surface area (Å²) in [5.41, 5.74) is 0. The standard InChI is InChI=1S/C59H98O5/c1-4-7-10-13-16-19-22-25-28-30-32-34-37-40-43-46-49-52-58(60)63-56-57(55-62-54-51-48-45-42-39-36-33-29-26-23-20-17-14-11-8-5-2)64-59(61)53-50-47-44-41-38-35-31-27-24-21-18-15-12-9-6-3/h8-9,11-12,16-21,25-29,31,38,41,57H,4-7,10,13-15,22-24,30,32-37,39-40,42-56H2,1-3H3/b11-8-,12-9-,19-16-,20-17-,21-18-,28-25-,29-26-,31-27-,41-38-. The van der Waals surface area contributed by atoms with E-state index in [4.69, 9.17) is 14.2 Å². The summed E-state index contributed by atoms with van der Waals surface area (Å²) in [5, 5.41) is 0. The van der Waals surface area contributed by atoms with E-state index in [1.807, 2.05) is 0 Å². The highest BCUT2D eigenvalue weighted by Crippen LogP contribution is 2.13. The highest BCUT2D eigenvalue weighted by molar-refractivity contribution is 5.70. The molecule has 0 aromatic heterocycles. The molecule has 0 rings (SSSR count). The lowest BCUT2D eigenvalue weighted by Gasteiger charge is -2.18. The summed E-state index contributed by atoms with van der Waals surface area (Å²) < 4.78 is 17.4. The Morgan fingerprint density at radius 2 is 0.703 bits per heavy atom. The molecule has 0 aliphatic heterocycles. The molecule has 0 aromatic carbocycles. The molecule has 0 fully saturated rings. The normalized spacial score (nSPS) is 13.1. The number of unbranched alkanes of at least 4 members (excludes halogenated alkanes) is 18. The van der Waals surface area contributed by atoms with Crippen LogP contribution in [-0.2, 0) is 23.8 Å². The molecular formula is C59H98O5. The number of carbonyl (C=O) groups excluding carboxylic acids is 2. The Balaban J connectivity index is 4.39. The average Bonchev–Trinajstić information content (AvgIpc) is 3.30. The van der Waals surface area contributed by atoms with Crippen molar-refractivity contribution >= 4 is 11.9 Å². The van der Waals surface area contributed by atoms with Gasteiger partial charge in [-0.25, -0.2) is 0 Å². The minimum absolute atomic E-state index is 0.0528. The SMILES string of the molecule is CC/C=C\C/C=C\C/C=C\C/C=C\CCCCC(=O)OC(COCCCCCCCC/C=C\C/C=C\C/C=C\CC)COC(=O)CCCCCCCCC/C=C\C/C=C\CCCCC. The van der Waals surface area contributed by atoms with Gasteiger partial charge in [-0.05, 0) is 122 Å². The minimum Gasteiger partial charge on any atom is -0.462 e. The first-order valence-electron chi connectivity index (χ1n) is 26.4. The van der Waals surface area contributed by atoms with E-state index in [9.17, 15) is 9.59 Å². The molecule has 0 spiro atoms. The lowest BCUT2D eigenvalue weighted by molar-refractivity contribution is -0.163. The average molecular weight is 887 g/mol. The lowest BCUT2D eigenvalue weighted by Crippen LogP contribution is -2.30. The molecule has 0 heterocycles. The van der Waals surface area contributed by atoms with Crippen molar-refractivity contribution in [1.82, 2.24) is 0 Å². The molecule has 5 heteroatoms. The van der Waals surface area contributed by atoms with Crippen LogP contribution in [0.3, 0.4) is 0 Å². The fourth-order valence-corrected chi connectivity index (χ4v) is 6.90. The molecule has 0 aliphatic rings. The van der Waals surface area contributed by atoms with Crippen molar-refractivity contribution in [1.29, 1.82) is 0 Å². The van der Waals surface area contributed by atoms with Crippen molar-refractivity contribution in [2.24, 2.45) is 0 Å². The van der Waals surface area contributed by atoms with Gasteiger partial charge >= 0.3 is 11.9 Å². The first-order chi connectivity index (χ1) is 31.6. The van der Waals surface area contributed by atoms with Crippen LogP contribution in [0.25, 0.3) is 0 Å². The monoisotopic (exact) mass is 887 g/mol. The van der Waals surface area contributed by atoms with Gasteiger partial charge in [-0.15, -0.1) is 0 Å². The van der Waals surface area contributed by atoms with Crippen LogP contribution in [0.1, 0.15) is 226 Å². The van der Waals surface area contributed by atoms with Gasteiger partial charge in [0, 0.05) is 19.4 Å². The van der Waals surface area contributed by atoms with E-state index in [0.717, 1.165) is 109 Å². The molecule has 0 aliphatic carbocycles. The number of rotatable bonds is 47. The Kier molecular flexibility index (Phi) is 51.0. The van der Waals surface area contributed by atoms with Crippen molar-refractivity contribution in [2.45, 2.75) is 232 Å². The van der Waals surface area contributed by atoms with E-state index in [2.05, 4.69) is 130 Å². The van der Waals surface area contributed by atoms with Crippen LogP contribution >= 0.6 is 0 Å². The molecular weight excluding hydrogens is 789 g/mol. The summed E-state index contributed by atoms with van der Waals surface area (Å²) in [6, 6.07) is 0. The van der Waals surface area contributed by atoms with Crippen LogP contribution in [0, 0.1) is 0 Å².